The van der Waals surface area contributed by atoms with Crippen molar-refractivity contribution in [2.75, 3.05) is 19.8 Å². The molecule has 1 N–H and O–H groups in total. The molecule has 2 fully saturated rings. The summed E-state index contributed by atoms with van der Waals surface area (Å²) in [7, 11) is 0. The molecule has 2 saturated heterocycles. The van der Waals surface area contributed by atoms with Gasteiger partial charge in [0, 0.05) is 32.1 Å². The molecule has 2 amide bonds. The number of nitrogens with one attached hydrogen (secondary N) is 1. The highest BCUT2D eigenvalue weighted by Gasteiger charge is 2.49. The quantitative estimate of drug-likeness (QED) is 0.935. The number of ether oxygens (including phenoxy) is 1. The molecule has 126 valence electrons. The van der Waals surface area contributed by atoms with Crippen LogP contribution in [-0.2, 0) is 17.8 Å². The largest absolute Gasteiger partial charge is 0.379 e. The Bertz CT molecular complexity index is 690. The maximum absolute atomic E-state index is 12.4. The van der Waals surface area contributed by atoms with E-state index in [-0.39, 0.29) is 11.6 Å². The molecule has 6 heteroatoms. The first-order valence-corrected chi connectivity index (χ1v) is 8.44. The van der Waals surface area contributed by atoms with Crippen molar-refractivity contribution in [3.63, 3.8) is 0 Å². The molecule has 1 aromatic heterocycles. The summed E-state index contributed by atoms with van der Waals surface area (Å²) in [6.07, 6.45) is 5.75. The molecule has 6 nitrogen and oxygen atoms in total. The number of nitrogens with zero attached hydrogens (tertiary/aromatic N) is 3. The fraction of sp³-hybridized carbons (Fsp3) is 0.444. The van der Waals surface area contributed by atoms with E-state index in [2.05, 4.69) is 34.7 Å². The van der Waals surface area contributed by atoms with Gasteiger partial charge >= 0.3 is 6.03 Å². The molecule has 0 bridgehead atoms. The van der Waals surface area contributed by atoms with Crippen LogP contribution in [0.4, 0.5) is 4.79 Å². The Balaban J connectivity index is 1.30. The van der Waals surface area contributed by atoms with Gasteiger partial charge in [-0.25, -0.2) is 4.79 Å². The Morgan fingerprint density at radius 1 is 1.25 bits per heavy atom. The fourth-order valence-electron chi connectivity index (χ4n) is 3.48. The normalized spacial score (nSPS) is 22.6. The Morgan fingerprint density at radius 3 is 2.71 bits per heavy atom. The van der Waals surface area contributed by atoms with Gasteiger partial charge in [-0.1, -0.05) is 24.3 Å². The second-order valence-corrected chi connectivity index (χ2v) is 6.61. The van der Waals surface area contributed by atoms with Crippen LogP contribution in [0.5, 0.6) is 0 Å². The number of carbonyl (C=O) groups excluding carboxylic acids is 1. The summed E-state index contributed by atoms with van der Waals surface area (Å²) in [6.45, 7) is 3.59. The standard InChI is InChI=1S/C18H22N4O2/c23-17(22-10-6-18(22)7-11-24-14-18)19-12-15-2-4-16(5-3-15)13-21-9-1-8-20-21/h1-5,8-9H,6-7,10-14H2,(H,19,23). The van der Waals surface area contributed by atoms with Crippen LogP contribution in [0.1, 0.15) is 24.0 Å². The molecular weight excluding hydrogens is 304 g/mol. The van der Waals surface area contributed by atoms with Crippen LogP contribution in [0.25, 0.3) is 0 Å². The number of carbonyl (C=O) groups is 1. The van der Waals surface area contributed by atoms with Gasteiger partial charge in [-0.15, -0.1) is 0 Å². The average Bonchev–Trinajstić information content (AvgIpc) is 3.26. The molecule has 0 saturated carbocycles. The van der Waals surface area contributed by atoms with E-state index in [4.69, 9.17) is 4.74 Å². The zero-order valence-electron chi connectivity index (χ0n) is 13.6. The maximum atomic E-state index is 12.4. The van der Waals surface area contributed by atoms with Gasteiger partial charge in [0.2, 0.25) is 0 Å². The molecule has 2 aliphatic rings. The van der Waals surface area contributed by atoms with Crippen molar-refractivity contribution in [2.24, 2.45) is 0 Å². The SMILES string of the molecule is O=C(NCc1ccc(Cn2cccn2)cc1)N1CCC12CCOC2. The lowest BCUT2D eigenvalue weighted by molar-refractivity contribution is 0.0141. The van der Waals surface area contributed by atoms with Crippen molar-refractivity contribution in [3.8, 4) is 0 Å². The number of aromatic nitrogens is 2. The van der Waals surface area contributed by atoms with E-state index in [0.29, 0.717) is 13.2 Å². The van der Waals surface area contributed by atoms with E-state index in [1.54, 1.807) is 6.20 Å². The highest BCUT2D eigenvalue weighted by Crippen LogP contribution is 2.37. The van der Waals surface area contributed by atoms with Crippen molar-refractivity contribution in [3.05, 3.63) is 53.9 Å². The summed E-state index contributed by atoms with van der Waals surface area (Å²) in [5.74, 6) is 0. The minimum Gasteiger partial charge on any atom is -0.379 e. The average molecular weight is 326 g/mol. The van der Waals surface area contributed by atoms with Gasteiger partial charge in [-0.3, -0.25) is 4.68 Å². The molecule has 1 unspecified atom stereocenters. The third-order valence-corrected chi connectivity index (χ3v) is 5.07. The number of hydrogen-bond acceptors (Lipinski definition) is 3. The Labute approximate surface area is 141 Å². The first-order chi connectivity index (χ1) is 11.8. The second-order valence-electron chi connectivity index (χ2n) is 6.61. The van der Waals surface area contributed by atoms with E-state index in [9.17, 15) is 4.79 Å². The first-order valence-electron chi connectivity index (χ1n) is 8.44. The zero-order valence-corrected chi connectivity index (χ0v) is 13.6. The van der Waals surface area contributed by atoms with Gasteiger partial charge in [0.15, 0.2) is 0 Å². The van der Waals surface area contributed by atoms with E-state index in [0.717, 1.165) is 38.1 Å². The minimum atomic E-state index is -0.0301. The predicted molar refractivity (Wildman–Crippen MR) is 89.5 cm³/mol. The number of amides is 2. The number of likely N-dealkylation sites (tertiary alicyclic amines) is 1. The molecule has 1 atom stereocenters. The summed E-state index contributed by atoms with van der Waals surface area (Å²) in [5.41, 5.74) is 2.26. The van der Waals surface area contributed by atoms with Crippen LogP contribution in [-0.4, -0.2) is 46.0 Å². The van der Waals surface area contributed by atoms with Crippen molar-refractivity contribution >= 4 is 6.03 Å². The summed E-state index contributed by atoms with van der Waals surface area (Å²) in [5, 5.41) is 7.24. The van der Waals surface area contributed by atoms with Gasteiger partial charge in [-0.05, 0) is 30.0 Å². The molecule has 1 aromatic carbocycles. The van der Waals surface area contributed by atoms with Gasteiger partial charge in [0.1, 0.15) is 0 Å². The lowest BCUT2D eigenvalue weighted by Crippen LogP contribution is -2.64. The summed E-state index contributed by atoms with van der Waals surface area (Å²) in [6, 6.07) is 10.2. The van der Waals surface area contributed by atoms with Gasteiger partial charge in [0.05, 0.1) is 18.7 Å². The number of hydrogen-bond donors (Lipinski definition) is 1. The highest BCUT2D eigenvalue weighted by molar-refractivity contribution is 5.76. The van der Waals surface area contributed by atoms with Crippen LogP contribution < -0.4 is 5.32 Å². The van der Waals surface area contributed by atoms with E-state index < -0.39 is 0 Å². The molecule has 4 rings (SSSR count). The molecule has 3 heterocycles. The molecule has 2 aliphatic heterocycles. The van der Waals surface area contributed by atoms with Crippen LogP contribution in [0.15, 0.2) is 42.7 Å². The van der Waals surface area contributed by atoms with E-state index in [1.807, 2.05) is 21.8 Å². The second kappa shape index (κ2) is 6.28. The topological polar surface area (TPSA) is 59.4 Å². The smallest absolute Gasteiger partial charge is 0.318 e. The summed E-state index contributed by atoms with van der Waals surface area (Å²) >= 11 is 0. The molecule has 24 heavy (non-hydrogen) atoms. The third-order valence-electron chi connectivity index (χ3n) is 5.07. The van der Waals surface area contributed by atoms with Gasteiger partial charge < -0.3 is 15.0 Å². The Hall–Kier alpha value is -2.34. The van der Waals surface area contributed by atoms with Gasteiger partial charge in [-0.2, -0.15) is 5.10 Å². The minimum absolute atomic E-state index is 0.0207. The Morgan fingerprint density at radius 2 is 2.08 bits per heavy atom. The lowest BCUT2D eigenvalue weighted by atomic mass is 9.84. The molecular formula is C18H22N4O2. The van der Waals surface area contributed by atoms with Crippen molar-refractivity contribution in [2.45, 2.75) is 31.5 Å². The van der Waals surface area contributed by atoms with Crippen molar-refractivity contribution in [1.82, 2.24) is 20.0 Å². The number of benzene rings is 1. The maximum Gasteiger partial charge on any atom is 0.318 e. The van der Waals surface area contributed by atoms with E-state index in [1.165, 1.54) is 5.56 Å². The monoisotopic (exact) mass is 326 g/mol. The molecule has 0 radical (unpaired) electrons. The van der Waals surface area contributed by atoms with Crippen LogP contribution in [0.3, 0.4) is 0 Å². The molecule has 1 spiro atoms. The molecule has 0 aliphatic carbocycles. The summed E-state index contributed by atoms with van der Waals surface area (Å²) in [4.78, 5) is 14.3. The number of urea groups is 1. The van der Waals surface area contributed by atoms with E-state index >= 15 is 0 Å². The summed E-state index contributed by atoms with van der Waals surface area (Å²) < 4.78 is 7.37. The predicted octanol–water partition coefficient (Wildman–Crippen LogP) is 2.01. The third kappa shape index (κ3) is 2.89. The van der Waals surface area contributed by atoms with Crippen molar-refractivity contribution in [1.29, 1.82) is 0 Å². The molecule has 2 aromatic rings. The Kier molecular flexibility index (Phi) is 3.98. The lowest BCUT2D eigenvalue weighted by Gasteiger charge is -2.49. The first kappa shape index (κ1) is 15.2. The van der Waals surface area contributed by atoms with Crippen LogP contribution in [0.2, 0.25) is 0 Å². The van der Waals surface area contributed by atoms with Crippen LogP contribution in [0, 0.1) is 0 Å². The van der Waals surface area contributed by atoms with Gasteiger partial charge in [0.25, 0.3) is 0 Å². The van der Waals surface area contributed by atoms with Crippen molar-refractivity contribution < 1.29 is 9.53 Å². The van der Waals surface area contributed by atoms with Crippen LogP contribution >= 0.6 is 0 Å². The zero-order chi connectivity index (χ0) is 16.4. The number of rotatable bonds is 4. The fourth-order valence-corrected chi connectivity index (χ4v) is 3.48. The highest BCUT2D eigenvalue weighted by atomic mass is 16.5.